The maximum Gasteiger partial charge on any atom is 0.232 e. The van der Waals surface area contributed by atoms with Crippen LogP contribution in [0.2, 0.25) is 0 Å². The first kappa shape index (κ1) is 25.9. The fraction of sp³-hybridized carbons (Fsp3) is 0.357. The Hall–Kier alpha value is -3.14. The molecule has 0 amide bonds. The number of benzene rings is 3. The Kier molecular flexibility index (Phi) is 9.54. The molecule has 8 nitrogen and oxygen atoms in total. The highest BCUT2D eigenvalue weighted by Crippen LogP contribution is 2.31. The molecule has 1 aliphatic heterocycles. The number of aliphatic hydroxyl groups excluding tert-OH is 1. The van der Waals surface area contributed by atoms with Crippen molar-refractivity contribution in [2.75, 3.05) is 13.2 Å². The minimum Gasteiger partial charge on any atom is -0.383 e. The van der Waals surface area contributed by atoms with Crippen LogP contribution in [0, 0.1) is 10.1 Å². The summed E-state index contributed by atoms with van der Waals surface area (Å²) in [6.45, 7) is 0.455. The van der Waals surface area contributed by atoms with Crippen LogP contribution in [0.15, 0.2) is 91.0 Å². The summed E-state index contributed by atoms with van der Waals surface area (Å²) >= 11 is 0. The largest absolute Gasteiger partial charge is 0.383 e. The van der Waals surface area contributed by atoms with Gasteiger partial charge >= 0.3 is 0 Å². The van der Waals surface area contributed by atoms with Crippen molar-refractivity contribution in [1.29, 1.82) is 0 Å². The highest BCUT2D eigenvalue weighted by atomic mass is 16.6. The van der Waals surface area contributed by atoms with Crippen LogP contribution in [-0.2, 0) is 38.8 Å². The van der Waals surface area contributed by atoms with E-state index in [1.54, 1.807) is 0 Å². The molecule has 3 aromatic carbocycles. The van der Waals surface area contributed by atoms with Crippen LogP contribution in [-0.4, -0.2) is 53.7 Å². The van der Waals surface area contributed by atoms with Gasteiger partial charge in [-0.1, -0.05) is 91.0 Å². The van der Waals surface area contributed by atoms with Gasteiger partial charge in [-0.3, -0.25) is 10.1 Å². The summed E-state index contributed by atoms with van der Waals surface area (Å²) < 4.78 is 24.6. The van der Waals surface area contributed by atoms with Crippen LogP contribution in [0.4, 0.5) is 0 Å². The molecule has 36 heavy (non-hydrogen) atoms. The minimum atomic E-state index is -1.36. The Morgan fingerprint density at radius 1 is 0.778 bits per heavy atom. The molecule has 5 atom stereocenters. The first-order valence-electron chi connectivity index (χ1n) is 12.0. The third-order valence-corrected chi connectivity index (χ3v) is 6.03. The van der Waals surface area contributed by atoms with Gasteiger partial charge in [-0.15, -0.1) is 0 Å². The van der Waals surface area contributed by atoms with E-state index in [4.69, 9.17) is 18.9 Å². The molecule has 0 saturated carbocycles. The molecule has 190 valence electrons. The number of rotatable bonds is 13. The van der Waals surface area contributed by atoms with Gasteiger partial charge in [0.05, 0.1) is 26.4 Å². The number of hydrogen-bond acceptors (Lipinski definition) is 7. The molecule has 0 bridgehead atoms. The van der Waals surface area contributed by atoms with Gasteiger partial charge in [-0.05, 0) is 16.7 Å². The molecule has 0 radical (unpaired) electrons. The molecule has 1 fully saturated rings. The monoisotopic (exact) mass is 493 g/mol. The minimum absolute atomic E-state index is 0.182. The van der Waals surface area contributed by atoms with Gasteiger partial charge in [-0.25, -0.2) is 0 Å². The van der Waals surface area contributed by atoms with Gasteiger partial charge in [0, 0.05) is 4.92 Å². The standard InChI is InChI=1S/C28H31NO7/c30-24(16-29(31)32)26-28(35-19-23-14-8-3-9-15-23)27(34-18-22-12-6-2-7-13-22)25(36-26)20-33-17-21-10-4-1-5-11-21/h1-15,24-28,30H,16-20H2/t24?,25-,26+,27-,28+/m1/s1. The molecule has 1 aliphatic rings. The van der Waals surface area contributed by atoms with Crippen molar-refractivity contribution in [2.24, 2.45) is 0 Å². The van der Waals surface area contributed by atoms with Gasteiger partial charge in [0.1, 0.15) is 30.5 Å². The molecule has 1 N–H and O–H groups in total. The molecule has 1 heterocycles. The lowest BCUT2D eigenvalue weighted by molar-refractivity contribution is -0.493. The molecule has 0 aromatic heterocycles. The summed E-state index contributed by atoms with van der Waals surface area (Å²) in [5.41, 5.74) is 2.92. The summed E-state index contributed by atoms with van der Waals surface area (Å²) in [6.07, 6.45) is -4.21. The van der Waals surface area contributed by atoms with Crippen LogP contribution in [0.25, 0.3) is 0 Å². The Bertz CT molecular complexity index is 1050. The van der Waals surface area contributed by atoms with Crippen LogP contribution in [0.1, 0.15) is 16.7 Å². The zero-order valence-electron chi connectivity index (χ0n) is 19.9. The van der Waals surface area contributed by atoms with E-state index in [2.05, 4.69) is 0 Å². The normalized spacial score (nSPS) is 22.4. The number of aliphatic hydroxyl groups is 1. The van der Waals surface area contributed by atoms with E-state index < -0.39 is 42.0 Å². The lowest BCUT2D eigenvalue weighted by atomic mass is 10.0. The fourth-order valence-electron chi connectivity index (χ4n) is 4.25. The maximum atomic E-state index is 11.1. The molecule has 1 saturated heterocycles. The van der Waals surface area contributed by atoms with Crippen molar-refractivity contribution < 1.29 is 29.0 Å². The molecule has 0 aliphatic carbocycles. The van der Waals surface area contributed by atoms with Crippen molar-refractivity contribution in [3.63, 3.8) is 0 Å². The molecule has 4 rings (SSSR count). The number of ether oxygens (including phenoxy) is 4. The van der Waals surface area contributed by atoms with Crippen molar-refractivity contribution >= 4 is 0 Å². The highest BCUT2D eigenvalue weighted by molar-refractivity contribution is 5.15. The average Bonchev–Trinajstić information content (AvgIpc) is 3.25. The molecular formula is C28H31NO7. The van der Waals surface area contributed by atoms with Gasteiger partial charge in [0.2, 0.25) is 6.54 Å². The van der Waals surface area contributed by atoms with E-state index in [0.29, 0.717) is 13.2 Å². The van der Waals surface area contributed by atoms with Gasteiger partial charge < -0.3 is 24.1 Å². The topological polar surface area (TPSA) is 100 Å². The fourth-order valence-corrected chi connectivity index (χ4v) is 4.25. The van der Waals surface area contributed by atoms with Gasteiger partial charge in [0.25, 0.3) is 0 Å². The average molecular weight is 494 g/mol. The lowest BCUT2D eigenvalue weighted by Crippen LogP contribution is -2.44. The molecular weight excluding hydrogens is 462 g/mol. The van der Waals surface area contributed by atoms with E-state index >= 15 is 0 Å². The van der Waals surface area contributed by atoms with Crippen LogP contribution in [0.5, 0.6) is 0 Å². The van der Waals surface area contributed by atoms with Crippen LogP contribution in [0.3, 0.4) is 0 Å². The van der Waals surface area contributed by atoms with Gasteiger partial charge in [0.15, 0.2) is 0 Å². The zero-order valence-corrected chi connectivity index (χ0v) is 19.9. The summed E-state index contributed by atoms with van der Waals surface area (Å²) in [6, 6.07) is 29.0. The first-order chi connectivity index (χ1) is 17.6. The second-order valence-corrected chi connectivity index (χ2v) is 8.74. The summed E-state index contributed by atoms with van der Waals surface area (Å²) in [5, 5.41) is 21.8. The SMILES string of the molecule is O=[N+]([O-])CC(O)[C@@H]1O[C@H](COCc2ccccc2)[C@@H](OCc2ccccc2)[C@H]1OCc1ccccc1. The molecule has 1 unspecified atom stereocenters. The van der Waals surface area contributed by atoms with E-state index in [9.17, 15) is 15.2 Å². The predicted molar refractivity (Wildman–Crippen MR) is 133 cm³/mol. The molecule has 0 spiro atoms. The number of nitro groups is 1. The van der Waals surface area contributed by atoms with Gasteiger partial charge in [-0.2, -0.15) is 0 Å². The third kappa shape index (κ3) is 7.43. The summed E-state index contributed by atoms with van der Waals surface area (Å²) in [7, 11) is 0. The maximum absolute atomic E-state index is 11.1. The summed E-state index contributed by atoms with van der Waals surface area (Å²) in [5.74, 6) is 0. The number of hydrogen-bond donors (Lipinski definition) is 1. The highest BCUT2D eigenvalue weighted by Gasteiger charge is 2.50. The zero-order chi connectivity index (χ0) is 25.2. The smallest absolute Gasteiger partial charge is 0.232 e. The third-order valence-electron chi connectivity index (χ3n) is 6.03. The second-order valence-electron chi connectivity index (χ2n) is 8.74. The Balaban J connectivity index is 1.51. The Morgan fingerprint density at radius 3 is 1.75 bits per heavy atom. The summed E-state index contributed by atoms with van der Waals surface area (Å²) in [4.78, 5) is 10.6. The number of nitrogens with zero attached hydrogens (tertiary/aromatic N) is 1. The Morgan fingerprint density at radius 2 is 1.25 bits per heavy atom. The van der Waals surface area contributed by atoms with Crippen molar-refractivity contribution in [3.05, 3.63) is 118 Å². The first-order valence-corrected chi connectivity index (χ1v) is 12.0. The predicted octanol–water partition coefficient (Wildman–Crippen LogP) is 3.78. The molecule has 8 heteroatoms. The second kappa shape index (κ2) is 13.2. The van der Waals surface area contributed by atoms with E-state index in [1.165, 1.54) is 0 Å². The van der Waals surface area contributed by atoms with Crippen LogP contribution >= 0.6 is 0 Å². The lowest BCUT2D eigenvalue weighted by Gasteiger charge is -2.26. The molecule has 3 aromatic rings. The van der Waals surface area contributed by atoms with Crippen LogP contribution < -0.4 is 0 Å². The quantitative estimate of drug-likeness (QED) is 0.286. The Labute approximate surface area is 210 Å². The van der Waals surface area contributed by atoms with Crippen molar-refractivity contribution in [2.45, 2.75) is 50.3 Å². The van der Waals surface area contributed by atoms with E-state index in [-0.39, 0.29) is 13.2 Å². The van der Waals surface area contributed by atoms with Crippen molar-refractivity contribution in [1.82, 2.24) is 0 Å². The van der Waals surface area contributed by atoms with E-state index in [0.717, 1.165) is 16.7 Å². The van der Waals surface area contributed by atoms with E-state index in [1.807, 2.05) is 91.0 Å². The van der Waals surface area contributed by atoms with Crippen molar-refractivity contribution in [3.8, 4) is 0 Å².